The van der Waals surface area contributed by atoms with Gasteiger partial charge in [-0.15, -0.1) is 0 Å². The van der Waals surface area contributed by atoms with Gasteiger partial charge in [0.1, 0.15) is 17.3 Å². The van der Waals surface area contributed by atoms with Crippen LogP contribution in [0.3, 0.4) is 0 Å². The molecule has 122 valence electrons. The SMILES string of the molecule is Cc1ccc(CN(C)C(=O)C2(c3ccc(F)cc3)CCCC2)o1. The molecule has 2 aromatic rings. The number of rotatable bonds is 4. The fraction of sp³-hybridized carbons (Fsp3) is 0.421. The summed E-state index contributed by atoms with van der Waals surface area (Å²) in [7, 11) is 1.81. The molecule has 1 heterocycles. The van der Waals surface area contributed by atoms with Crippen LogP contribution in [0.5, 0.6) is 0 Å². The molecule has 0 atom stereocenters. The average molecular weight is 315 g/mol. The summed E-state index contributed by atoms with van der Waals surface area (Å²) < 4.78 is 18.8. The zero-order valence-electron chi connectivity index (χ0n) is 13.6. The van der Waals surface area contributed by atoms with Crippen molar-refractivity contribution in [1.29, 1.82) is 0 Å². The Labute approximate surface area is 136 Å². The molecule has 1 amide bonds. The van der Waals surface area contributed by atoms with Gasteiger partial charge in [0.25, 0.3) is 0 Å². The highest BCUT2D eigenvalue weighted by molar-refractivity contribution is 5.88. The zero-order valence-corrected chi connectivity index (χ0v) is 13.6. The van der Waals surface area contributed by atoms with E-state index < -0.39 is 5.41 Å². The largest absolute Gasteiger partial charge is 0.464 e. The van der Waals surface area contributed by atoms with Crippen LogP contribution in [0, 0.1) is 12.7 Å². The Kier molecular flexibility index (Phi) is 4.24. The van der Waals surface area contributed by atoms with E-state index in [9.17, 15) is 9.18 Å². The first-order chi connectivity index (χ1) is 11.0. The van der Waals surface area contributed by atoms with E-state index in [2.05, 4.69) is 0 Å². The molecule has 0 radical (unpaired) electrons. The second-order valence-electron chi connectivity index (χ2n) is 6.47. The molecule has 0 bridgehead atoms. The normalized spacial score (nSPS) is 16.5. The van der Waals surface area contributed by atoms with Gasteiger partial charge >= 0.3 is 0 Å². The maximum Gasteiger partial charge on any atom is 0.233 e. The van der Waals surface area contributed by atoms with E-state index in [4.69, 9.17) is 4.42 Å². The number of furan rings is 1. The van der Waals surface area contributed by atoms with E-state index in [1.165, 1.54) is 12.1 Å². The van der Waals surface area contributed by atoms with Crippen LogP contribution >= 0.6 is 0 Å². The zero-order chi connectivity index (χ0) is 16.4. The third-order valence-electron chi connectivity index (χ3n) is 4.80. The minimum Gasteiger partial charge on any atom is -0.464 e. The number of aryl methyl sites for hydroxylation is 1. The lowest BCUT2D eigenvalue weighted by Crippen LogP contribution is -2.43. The molecular weight excluding hydrogens is 293 g/mol. The van der Waals surface area contributed by atoms with Gasteiger partial charge in [0, 0.05) is 7.05 Å². The van der Waals surface area contributed by atoms with E-state index in [-0.39, 0.29) is 11.7 Å². The Morgan fingerprint density at radius 3 is 2.39 bits per heavy atom. The third kappa shape index (κ3) is 3.03. The summed E-state index contributed by atoms with van der Waals surface area (Å²) in [5, 5.41) is 0. The van der Waals surface area contributed by atoms with Gasteiger partial charge < -0.3 is 9.32 Å². The Bertz CT molecular complexity index is 684. The number of amides is 1. The van der Waals surface area contributed by atoms with Gasteiger partial charge in [0.2, 0.25) is 5.91 Å². The molecule has 4 heteroatoms. The molecule has 0 unspecified atom stereocenters. The summed E-state index contributed by atoms with van der Waals surface area (Å²) in [4.78, 5) is 14.9. The van der Waals surface area contributed by atoms with Crippen molar-refractivity contribution in [2.24, 2.45) is 0 Å². The van der Waals surface area contributed by atoms with Gasteiger partial charge in [-0.05, 0) is 49.6 Å². The van der Waals surface area contributed by atoms with Crippen LogP contribution in [0.25, 0.3) is 0 Å². The monoisotopic (exact) mass is 315 g/mol. The van der Waals surface area contributed by atoms with E-state index >= 15 is 0 Å². The second-order valence-corrected chi connectivity index (χ2v) is 6.47. The van der Waals surface area contributed by atoms with Crippen LogP contribution in [-0.4, -0.2) is 17.9 Å². The average Bonchev–Trinajstić information content (AvgIpc) is 3.17. The first kappa shape index (κ1) is 15.8. The third-order valence-corrected chi connectivity index (χ3v) is 4.80. The number of likely N-dealkylation sites (N-methyl/N-ethyl adjacent to an activating group) is 1. The lowest BCUT2D eigenvalue weighted by Gasteiger charge is -2.32. The summed E-state index contributed by atoms with van der Waals surface area (Å²) in [6.45, 7) is 2.35. The molecule has 1 aliphatic carbocycles. The first-order valence-corrected chi connectivity index (χ1v) is 8.08. The predicted molar refractivity (Wildman–Crippen MR) is 86.5 cm³/mol. The van der Waals surface area contributed by atoms with Crippen molar-refractivity contribution < 1.29 is 13.6 Å². The van der Waals surface area contributed by atoms with Gasteiger partial charge in [-0.1, -0.05) is 25.0 Å². The molecule has 1 aromatic heterocycles. The number of benzene rings is 1. The predicted octanol–water partition coefficient (Wildman–Crippen LogP) is 4.20. The molecule has 23 heavy (non-hydrogen) atoms. The highest BCUT2D eigenvalue weighted by atomic mass is 19.1. The molecule has 1 fully saturated rings. The highest BCUT2D eigenvalue weighted by Crippen LogP contribution is 2.42. The van der Waals surface area contributed by atoms with Crippen LogP contribution in [0.1, 0.15) is 42.8 Å². The van der Waals surface area contributed by atoms with E-state index in [0.717, 1.165) is 42.8 Å². The number of carbonyl (C=O) groups is 1. The van der Waals surface area contributed by atoms with Crippen LogP contribution < -0.4 is 0 Å². The van der Waals surface area contributed by atoms with E-state index in [1.807, 2.05) is 26.1 Å². The molecule has 3 rings (SSSR count). The summed E-state index contributed by atoms with van der Waals surface area (Å²) in [5.41, 5.74) is 0.397. The van der Waals surface area contributed by atoms with Gasteiger partial charge in [0.05, 0.1) is 12.0 Å². The molecule has 0 spiro atoms. The van der Waals surface area contributed by atoms with E-state index in [1.54, 1.807) is 17.0 Å². The standard InChI is InChI=1S/C19H22FNO2/c1-14-5-10-17(23-14)13-21(2)18(22)19(11-3-4-12-19)15-6-8-16(20)9-7-15/h5-10H,3-4,11-13H2,1-2H3. The second kappa shape index (κ2) is 6.19. The van der Waals surface area contributed by atoms with E-state index in [0.29, 0.717) is 6.54 Å². The van der Waals surface area contributed by atoms with Gasteiger partial charge in [-0.25, -0.2) is 4.39 Å². The fourth-order valence-electron chi connectivity index (χ4n) is 3.61. The molecule has 0 saturated heterocycles. The number of carbonyl (C=O) groups excluding carboxylic acids is 1. The van der Waals surface area contributed by atoms with Crippen molar-refractivity contribution >= 4 is 5.91 Å². The molecule has 1 saturated carbocycles. The number of hydrogen-bond acceptors (Lipinski definition) is 2. The maximum absolute atomic E-state index is 13.2. The van der Waals surface area contributed by atoms with Crippen LogP contribution in [0.4, 0.5) is 4.39 Å². The molecule has 3 nitrogen and oxygen atoms in total. The lowest BCUT2D eigenvalue weighted by molar-refractivity contribution is -0.136. The van der Waals surface area contributed by atoms with Gasteiger partial charge in [-0.2, -0.15) is 0 Å². The maximum atomic E-state index is 13.2. The Morgan fingerprint density at radius 2 is 1.83 bits per heavy atom. The molecule has 1 aliphatic rings. The Balaban J connectivity index is 1.85. The van der Waals surface area contributed by atoms with Crippen molar-refractivity contribution in [3.05, 3.63) is 59.3 Å². The highest BCUT2D eigenvalue weighted by Gasteiger charge is 2.44. The summed E-state index contributed by atoms with van der Waals surface area (Å²) in [6, 6.07) is 10.2. The topological polar surface area (TPSA) is 33.5 Å². The van der Waals surface area contributed by atoms with Gasteiger partial charge in [-0.3, -0.25) is 4.79 Å². The molecular formula is C19H22FNO2. The number of hydrogen-bond donors (Lipinski definition) is 0. The number of halogens is 1. The molecule has 0 aliphatic heterocycles. The summed E-state index contributed by atoms with van der Waals surface area (Å²) in [5.74, 6) is 1.45. The Hall–Kier alpha value is -2.10. The van der Waals surface area contributed by atoms with Crippen LogP contribution in [0.15, 0.2) is 40.8 Å². The molecule has 0 N–H and O–H groups in total. The quantitative estimate of drug-likeness (QED) is 0.847. The van der Waals surface area contributed by atoms with Crippen LogP contribution in [-0.2, 0) is 16.8 Å². The minimum absolute atomic E-state index is 0.0932. The van der Waals surface area contributed by atoms with Crippen LogP contribution in [0.2, 0.25) is 0 Å². The summed E-state index contributed by atoms with van der Waals surface area (Å²) >= 11 is 0. The Morgan fingerprint density at radius 1 is 1.17 bits per heavy atom. The van der Waals surface area contributed by atoms with Crippen molar-refractivity contribution in [1.82, 2.24) is 4.90 Å². The summed E-state index contributed by atoms with van der Waals surface area (Å²) in [6.07, 6.45) is 3.69. The van der Waals surface area contributed by atoms with Crippen molar-refractivity contribution in [2.75, 3.05) is 7.05 Å². The minimum atomic E-state index is -0.524. The smallest absolute Gasteiger partial charge is 0.233 e. The lowest BCUT2D eigenvalue weighted by atomic mass is 9.77. The van der Waals surface area contributed by atoms with Crippen molar-refractivity contribution in [2.45, 2.75) is 44.6 Å². The number of nitrogens with zero attached hydrogens (tertiary/aromatic N) is 1. The van der Waals surface area contributed by atoms with Crippen molar-refractivity contribution in [3.8, 4) is 0 Å². The van der Waals surface area contributed by atoms with Gasteiger partial charge in [0.15, 0.2) is 0 Å². The molecule has 1 aromatic carbocycles. The first-order valence-electron chi connectivity index (χ1n) is 8.08. The fourth-order valence-corrected chi connectivity index (χ4v) is 3.61. The van der Waals surface area contributed by atoms with Crippen molar-refractivity contribution in [3.63, 3.8) is 0 Å².